The Morgan fingerprint density at radius 3 is 1.22 bits per heavy atom. The van der Waals surface area contributed by atoms with Crippen molar-refractivity contribution in [1.82, 2.24) is 0 Å². The molecule has 2 nitrogen and oxygen atoms in total. The fourth-order valence-electron chi connectivity index (χ4n) is 12.4. The van der Waals surface area contributed by atoms with Crippen molar-refractivity contribution in [2.45, 2.75) is 392 Å². The maximum absolute atomic E-state index is 9.26. The van der Waals surface area contributed by atoms with E-state index in [1.165, 1.54) is 116 Å². The van der Waals surface area contributed by atoms with Gasteiger partial charge in [-0.25, -0.2) is 0 Å². The molecule has 6 atom stereocenters. The molecule has 0 heterocycles. The van der Waals surface area contributed by atoms with E-state index in [0.717, 1.165) is 42.6 Å². The van der Waals surface area contributed by atoms with Crippen LogP contribution in [0.5, 0.6) is 0 Å². The second kappa shape index (κ2) is 40.9. The molecule has 0 amide bonds. The third-order valence-corrected chi connectivity index (χ3v) is 20.9. The van der Waals surface area contributed by atoms with Gasteiger partial charge in [-0.3, -0.25) is 0 Å². The number of ether oxygens (including phenoxy) is 1. The molecule has 538 valence electrons. The zero-order valence-electron chi connectivity index (χ0n) is 69.9. The van der Waals surface area contributed by atoms with E-state index in [1.807, 2.05) is 13.2 Å². The molecule has 0 aromatic heterocycles. The van der Waals surface area contributed by atoms with Gasteiger partial charge in [-0.1, -0.05) is 296 Å². The molecule has 1 N–H and O–H groups in total. The first kappa shape index (κ1) is 94.9. The zero-order valence-corrected chi connectivity index (χ0v) is 69.9. The molecule has 0 spiro atoms. The lowest BCUT2D eigenvalue weighted by Gasteiger charge is -2.45. The molecule has 0 aromatic carbocycles. The van der Waals surface area contributed by atoms with Crippen LogP contribution >= 0.6 is 0 Å². The smallest absolute Gasteiger partial charge is 0.0845 e. The third-order valence-electron chi connectivity index (χ3n) is 20.9. The molecule has 0 radical (unpaired) electrons. The highest BCUT2D eigenvalue weighted by Gasteiger charge is 2.38. The van der Waals surface area contributed by atoms with E-state index in [4.69, 9.17) is 4.74 Å². The summed E-state index contributed by atoms with van der Waals surface area (Å²) in [6, 6.07) is 0. The quantitative estimate of drug-likeness (QED) is 0.116. The molecule has 0 aromatic rings. The van der Waals surface area contributed by atoms with E-state index < -0.39 is 0 Å². The predicted molar refractivity (Wildman–Crippen MR) is 416 cm³/mol. The SMILES string of the molecule is C=CC(C)(C)CCCC(C)(C)C.C=CC(C)(C)CCCC(C)(C)C.CC(C)(C)CCC(CO)C(C)(C)C.CC1=C(C(C)(C)C)CC[C@@H](C)C1.CC1=C(C)C(C)C[C@@H](C(C)(C)C)C1.CC1C[C@H](C(C)(C)C)CCC1(C)C.CCO/C=C/C(C)(C)CCCC(C)(C)C. The first-order valence-corrected chi connectivity index (χ1v) is 37.5. The van der Waals surface area contributed by atoms with E-state index in [0.29, 0.717) is 66.7 Å². The lowest BCUT2D eigenvalue weighted by Crippen LogP contribution is -2.35. The number of rotatable bonds is 17. The van der Waals surface area contributed by atoms with E-state index in [9.17, 15) is 5.11 Å². The van der Waals surface area contributed by atoms with Crippen molar-refractivity contribution in [1.29, 1.82) is 0 Å². The van der Waals surface area contributed by atoms with E-state index >= 15 is 0 Å². The lowest BCUT2D eigenvalue weighted by atomic mass is 9.61. The highest BCUT2D eigenvalue weighted by molar-refractivity contribution is 5.21. The van der Waals surface area contributed by atoms with Crippen molar-refractivity contribution in [3.8, 4) is 0 Å². The zero-order chi connectivity index (χ0) is 72.2. The van der Waals surface area contributed by atoms with E-state index in [2.05, 4.69) is 294 Å². The maximum Gasteiger partial charge on any atom is 0.0845 e. The summed E-state index contributed by atoms with van der Waals surface area (Å²) in [4.78, 5) is 0. The molecular weight excluding hydrogens is 1090 g/mol. The summed E-state index contributed by atoms with van der Waals surface area (Å²) in [7, 11) is 0. The van der Waals surface area contributed by atoms with Crippen LogP contribution in [0.3, 0.4) is 0 Å². The fourth-order valence-corrected chi connectivity index (χ4v) is 12.4. The molecule has 90 heavy (non-hydrogen) atoms. The van der Waals surface area contributed by atoms with Gasteiger partial charge in [0, 0.05) is 6.61 Å². The van der Waals surface area contributed by atoms with E-state index in [1.54, 1.807) is 22.3 Å². The molecule has 3 unspecified atom stereocenters. The van der Waals surface area contributed by atoms with Crippen LogP contribution in [-0.4, -0.2) is 18.3 Å². The minimum atomic E-state index is 0.236. The normalized spacial score (nSPS) is 21.0. The van der Waals surface area contributed by atoms with Gasteiger partial charge in [-0.2, -0.15) is 0 Å². The van der Waals surface area contributed by atoms with Crippen LogP contribution in [0.4, 0.5) is 0 Å². The Morgan fingerprint density at radius 2 is 0.922 bits per heavy atom. The fraction of sp³-hybridized carbons (Fsp3) is 0.886. The second-order valence-electron chi connectivity index (χ2n) is 41.7. The Balaban J connectivity index is -0.000000480. The van der Waals surface area contributed by atoms with Crippen molar-refractivity contribution < 1.29 is 9.84 Å². The average molecular weight is 1260 g/mol. The van der Waals surface area contributed by atoms with Gasteiger partial charge in [0.05, 0.1) is 12.9 Å². The Labute approximate surface area is 572 Å². The molecule has 0 saturated heterocycles. The Morgan fingerprint density at radius 1 is 0.522 bits per heavy atom. The summed E-state index contributed by atoms with van der Waals surface area (Å²) in [5.41, 5.74) is 11.6. The molecule has 3 rings (SSSR count). The van der Waals surface area contributed by atoms with Crippen molar-refractivity contribution in [3.63, 3.8) is 0 Å². The highest BCUT2D eigenvalue weighted by Crippen LogP contribution is 2.48. The summed E-state index contributed by atoms with van der Waals surface area (Å²) in [5.74, 6) is 4.87. The molecule has 1 fully saturated rings. The first-order valence-electron chi connectivity index (χ1n) is 37.5. The van der Waals surface area contributed by atoms with Crippen LogP contribution in [0.25, 0.3) is 0 Å². The van der Waals surface area contributed by atoms with Gasteiger partial charge in [-0.15, -0.1) is 13.2 Å². The van der Waals surface area contributed by atoms with Crippen LogP contribution < -0.4 is 0 Å². The minimum absolute atomic E-state index is 0.236. The molecule has 3 aliphatic carbocycles. The standard InChI is InChI=1S/C14H28O.C13H24.C13H26.C12H26O.C12H22.2C12H24/c1-7-15-12-11-14(5,6)10-8-9-13(2,3)4;1-9-7-12(13(4,5)6)8-10(2)11(9)3;1-10-9-11(12(2,3)4)7-8-13(10,5)6;1-11(2,3)8-7-10(9-13)12(4,5)6;1-9-6-7-11(10(2)8-9)12(3,4)5;2*1-7-12(5,6)10-8-9-11(2,3)4/h11-12H,7-10H2,1-6H3;9,12H,7-8H2,1-6H3;10-11H,7-9H2,1-6H3;10,13H,7-9H2,1-6H3;9H,6-8H2,1-5H3;2*7H,1,8-10H2,2-6H3/b12-11+;;;;;;/t;9?,12-;10?,11-;;9-;;/m.11.1../s1. The van der Waals surface area contributed by atoms with Crippen LogP contribution in [0.1, 0.15) is 392 Å². The average Bonchev–Trinajstić information content (AvgIpc) is 0.995. The summed E-state index contributed by atoms with van der Waals surface area (Å²) >= 11 is 0. The van der Waals surface area contributed by atoms with Gasteiger partial charge in [-0.05, 0) is 237 Å². The van der Waals surface area contributed by atoms with Crippen LogP contribution in [-0.2, 0) is 4.74 Å². The van der Waals surface area contributed by atoms with Gasteiger partial charge < -0.3 is 9.84 Å². The number of aliphatic hydroxyl groups excluding tert-OH is 1. The molecule has 2 heteroatoms. The number of hydrogen-bond acceptors (Lipinski definition) is 2. The predicted octanol–water partition coefficient (Wildman–Crippen LogP) is 30.2. The Kier molecular flexibility index (Phi) is 43.1. The Bertz CT molecular complexity index is 1940. The van der Waals surface area contributed by atoms with Crippen LogP contribution in [0.15, 0.2) is 59.9 Å². The number of allylic oxidation sites excluding steroid dienone is 7. The van der Waals surface area contributed by atoms with E-state index in [-0.39, 0.29) is 10.8 Å². The van der Waals surface area contributed by atoms with Crippen LogP contribution in [0, 0.1) is 100 Å². The monoisotopic (exact) mass is 1260 g/mol. The number of hydrogen-bond donors (Lipinski definition) is 1. The summed E-state index contributed by atoms with van der Waals surface area (Å²) in [6.07, 6.45) is 33.0. The first-order chi connectivity index (χ1) is 39.9. The number of aliphatic hydroxyl groups is 1. The van der Waals surface area contributed by atoms with Gasteiger partial charge in [0.25, 0.3) is 0 Å². The van der Waals surface area contributed by atoms with Crippen LogP contribution in [0.2, 0.25) is 0 Å². The lowest BCUT2D eigenvalue weighted by molar-refractivity contribution is 0.0578. The van der Waals surface area contributed by atoms with Crippen molar-refractivity contribution in [3.05, 3.63) is 59.9 Å². The van der Waals surface area contributed by atoms with Crippen molar-refractivity contribution >= 4 is 0 Å². The van der Waals surface area contributed by atoms with Crippen molar-refractivity contribution in [2.75, 3.05) is 13.2 Å². The van der Waals surface area contributed by atoms with Gasteiger partial charge in [0.2, 0.25) is 0 Å². The molecule has 1 saturated carbocycles. The molecular formula is C88H174O2. The second-order valence-corrected chi connectivity index (χ2v) is 41.7. The topological polar surface area (TPSA) is 29.5 Å². The molecule has 0 bridgehead atoms. The van der Waals surface area contributed by atoms with Gasteiger partial charge in [0.15, 0.2) is 0 Å². The largest absolute Gasteiger partial charge is 0.502 e. The summed E-state index contributed by atoms with van der Waals surface area (Å²) in [6.45, 7) is 98.7. The summed E-state index contributed by atoms with van der Waals surface area (Å²) < 4.78 is 5.24. The Hall–Kier alpha value is -1.54. The summed E-state index contributed by atoms with van der Waals surface area (Å²) in [5, 5.41) is 9.26. The molecule has 0 aliphatic heterocycles. The minimum Gasteiger partial charge on any atom is -0.502 e. The third kappa shape index (κ3) is 50.8. The maximum atomic E-state index is 9.26. The molecule has 3 aliphatic rings. The highest BCUT2D eigenvalue weighted by atomic mass is 16.5. The van der Waals surface area contributed by atoms with Gasteiger partial charge >= 0.3 is 0 Å². The van der Waals surface area contributed by atoms with Crippen molar-refractivity contribution in [2.24, 2.45) is 100 Å². The van der Waals surface area contributed by atoms with Gasteiger partial charge in [0.1, 0.15) is 0 Å².